The average Bonchev–Trinajstić information content (AvgIpc) is 2.91. The summed E-state index contributed by atoms with van der Waals surface area (Å²) in [6.45, 7) is 5.53. The Morgan fingerprint density at radius 1 is 1.33 bits per heavy atom. The standard InChI is InChI=1S/C13H18N4O/c1-3-14-12(13-15-9-16-17-13)10-7-5-6-8-11(10)18-4-2/h5-9,12,14H,3-4H2,1-2H3,(H,15,16,17). The average molecular weight is 246 g/mol. The van der Waals surface area contributed by atoms with Crippen molar-refractivity contribution in [1.82, 2.24) is 20.5 Å². The lowest BCUT2D eigenvalue weighted by Gasteiger charge is -2.19. The van der Waals surface area contributed by atoms with Gasteiger partial charge in [-0.2, -0.15) is 5.10 Å². The number of rotatable bonds is 6. The normalized spacial score (nSPS) is 12.3. The number of para-hydroxylation sites is 1. The van der Waals surface area contributed by atoms with Crippen LogP contribution >= 0.6 is 0 Å². The van der Waals surface area contributed by atoms with Gasteiger partial charge in [-0.1, -0.05) is 25.1 Å². The maximum absolute atomic E-state index is 5.66. The lowest BCUT2D eigenvalue weighted by Crippen LogP contribution is -2.23. The number of hydrogen-bond acceptors (Lipinski definition) is 4. The molecule has 0 saturated heterocycles. The van der Waals surface area contributed by atoms with E-state index in [-0.39, 0.29) is 6.04 Å². The smallest absolute Gasteiger partial charge is 0.146 e. The Morgan fingerprint density at radius 2 is 2.17 bits per heavy atom. The van der Waals surface area contributed by atoms with Crippen LogP contribution in [0.3, 0.4) is 0 Å². The molecule has 5 heteroatoms. The molecule has 0 bridgehead atoms. The molecule has 0 radical (unpaired) electrons. The van der Waals surface area contributed by atoms with Crippen LogP contribution in [0.15, 0.2) is 30.6 Å². The van der Waals surface area contributed by atoms with Crippen molar-refractivity contribution in [1.29, 1.82) is 0 Å². The van der Waals surface area contributed by atoms with Crippen LogP contribution in [0.2, 0.25) is 0 Å². The minimum atomic E-state index is -0.0275. The molecular weight excluding hydrogens is 228 g/mol. The van der Waals surface area contributed by atoms with Gasteiger partial charge in [0, 0.05) is 5.56 Å². The van der Waals surface area contributed by atoms with E-state index in [0.717, 1.165) is 23.7 Å². The van der Waals surface area contributed by atoms with Crippen molar-refractivity contribution >= 4 is 0 Å². The van der Waals surface area contributed by atoms with E-state index >= 15 is 0 Å². The third-order valence-electron chi connectivity index (χ3n) is 2.65. The summed E-state index contributed by atoms with van der Waals surface area (Å²) in [6.07, 6.45) is 1.52. The zero-order chi connectivity index (χ0) is 12.8. The Hall–Kier alpha value is -1.88. The van der Waals surface area contributed by atoms with Gasteiger partial charge in [0.05, 0.1) is 12.6 Å². The molecule has 1 aromatic heterocycles. The number of aromatic nitrogens is 3. The number of nitrogens with zero attached hydrogens (tertiary/aromatic N) is 2. The highest BCUT2D eigenvalue weighted by Gasteiger charge is 2.19. The van der Waals surface area contributed by atoms with Crippen LogP contribution in [0.5, 0.6) is 5.75 Å². The van der Waals surface area contributed by atoms with E-state index in [2.05, 4.69) is 27.4 Å². The van der Waals surface area contributed by atoms with Crippen molar-refractivity contribution in [3.05, 3.63) is 42.0 Å². The molecule has 18 heavy (non-hydrogen) atoms. The Labute approximate surface area is 107 Å². The Morgan fingerprint density at radius 3 is 2.83 bits per heavy atom. The number of ether oxygens (including phenoxy) is 1. The fourth-order valence-corrected chi connectivity index (χ4v) is 1.92. The summed E-state index contributed by atoms with van der Waals surface area (Å²) in [7, 11) is 0. The summed E-state index contributed by atoms with van der Waals surface area (Å²) in [4.78, 5) is 4.23. The molecule has 2 N–H and O–H groups in total. The van der Waals surface area contributed by atoms with Crippen LogP contribution in [0, 0.1) is 0 Å². The van der Waals surface area contributed by atoms with Crippen LogP contribution < -0.4 is 10.1 Å². The highest BCUT2D eigenvalue weighted by molar-refractivity contribution is 5.38. The van der Waals surface area contributed by atoms with E-state index in [1.807, 2.05) is 31.2 Å². The fourth-order valence-electron chi connectivity index (χ4n) is 1.92. The first-order chi connectivity index (χ1) is 8.86. The van der Waals surface area contributed by atoms with Gasteiger partial charge < -0.3 is 10.1 Å². The molecule has 0 saturated carbocycles. The molecule has 1 heterocycles. The number of hydrogen-bond donors (Lipinski definition) is 2. The topological polar surface area (TPSA) is 62.8 Å². The van der Waals surface area contributed by atoms with Crippen molar-refractivity contribution in [2.24, 2.45) is 0 Å². The molecule has 0 aliphatic heterocycles. The van der Waals surface area contributed by atoms with Crippen molar-refractivity contribution in [3.63, 3.8) is 0 Å². The van der Waals surface area contributed by atoms with E-state index in [1.54, 1.807) is 0 Å². The lowest BCUT2D eigenvalue weighted by molar-refractivity contribution is 0.333. The summed E-state index contributed by atoms with van der Waals surface area (Å²) in [5.41, 5.74) is 1.07. The van der Waals surface area contributed by atoms with Crippen LogP contribution in [-0.2, 0) is 0 Å². The van der Waals surface area contributed by atoms with Gasteiger partial charge in [0.25, 0.3) is 0 Å². The first-order valence-corrected chi connectivity index (χ1v) is 6.17. The highest BCUT2D eigenvalue weighted by atomic mass is 16.5. The second kappa shape index (κ2) is 6.16. The predicted octanol–water partition coefficient (Wildman–Crippen LogP) is 1.90. The molecule has 96 valence electrons. The third-order valence-corrected chi connectivity index (χ3v) is 2.65. The molecular formula is C13H18N4O. The number of benzene rings is 1. The molecule has 2 aromatic rings. The monoisotopic (exact) mass is 246 g/mol. The van der Waals surface area contributed by atoms with E-state index in [1.165, 1.54) is 6.33 Å². The van der Waals surface area contributed by atoms with E-state index < -0.39 is 0 Å². The second-order valence-corrected chi connectivity index (χ2v) is 3.83. The first kappa shape index (κ1) is 12.6. The van der Waals surface area contributed by atoms with Gasteiger partial charge in [-0.25, -0.2) is 4.98 Å². The van der Waals surface area contributed by atoms with Crippen molar-refractivity contribution in [2.75, 3.05) is 13.2 Å². The van der Waals surface area contributed by atoms with Gasteiger partial charge in [-0.3, -0.25) is 5.10 Å². The van der Waals surface area contributed by atoms with Gasteiger partial charge in [0.15, 0.2) is 0 Å². The zero-order valence-electron chi connectivity index (χ0n) is 10.7. The third kappa shape index (κ3) is 2.68. The van der Waals surface area contributed by atoms with Crippen molar-refractivity contribution in [3.8, 4) is 5.75 Å². The summed E-state index contributed by atoms with van der Waals surface area (Å²) in [5, 5.41) is 10.2. The maximum Gasteiger partial charge on any atom is 0.146 e. The minimum absolute atomic E-state index is 0.0275. The largest absolute Gasteiger partial charge is 0.494 e. The zero-order valence-corrected chi connectivity index (χ0v) is 10.7. The van der Waals surface area contributed by atoms with E-state index in [9.17, 15) is 0 Å². The molecule has 0 fully saturated rings. The van der Waals surface area contributed by atoms with Crippen molar-refractivity contribution in [2.45, 2.75) is 19.9 Å². The molecule has 1 unspecified atom stereocenters. The molecule has 1 aromatic carbocycles. The summed E-state index contributed by atoms with van der Waals surface area (Å²) in [6, 6.07) is 7.96. The highest BCUT2D eigenvalue weighted by Crippen LogP contribution is 2.28. The Kier molecular flexibility index (Phi) is 4.30. The van der Waals surface area contributed by atoms with Gasteiger partial charge >= 0.3 is 0 Å². The lowest BCUT2D eigenvalue weighted by atomic mass is 10.1. The maximum atomic E-state index is 5.66. The van der Waals surface area contributed by atoms with Crippen LogP contribution in [0.25, 0.3) is 0 Å². The molecule has 2 rings (SSSR count). The molecule has 0 amide bonds. The van der Waals surface area contributed by atoms with E-state index in [0.29, 0.717) is 6.61 Å². The van der Waals surface area contributed by atoms with Gasteiger partial charge in [0.2, 0.25) is 0 Å². The Balaban J connectivity index is 2.36. The Bertz CT molecular complexity index is 470. The molecule has 0 spiro atoms. The number of aromatic amines is 1. The number of H-pyrrole nitrogens is 1. The second-order valence-electron chi connectivity index (χ2n) is 3.83. The van der Waals surface area contributed by atoms with Gasteiger partial charge in [-0.05, 0) is 19.5 Å². The van der Waals surface area contributed by atoms with E-state index in [4.69, 9.17) is 4.74 Å². The van der Waals surface area contributed by atoms with Gasteiger partial charge in [0.1, 0.15) is 17.9 Å². The van der Waals surface area contributed by atoms with Crippen LogP contribution in [0.1, 0.15) is 31.3 Å². The molecule has 5 nitrogen and oxygen atoms in total. The number of nitrogens with one attached hydrogen (secondary N) is 2. The van der Waals surface area contributed by atoms with Crippen LogP contribution in [0.4, 0.5) is 0 Å². The summed E-state index contributed by atoms with van der Waals surface area (Å²) in [5.74, 6) is 1.67. The fraction of sp³-hybridized carbons (Fsp3) is 0.385. The summed E-state index contributed by atoms with van der Waals surface area (Å²) < 4.78 is 5.66. The first-order valence-electron chi connectivity index (χ1n) is 6.17. The molecule has 0 aliphatic rings. The van der Waals surface area contributed by atoms with Crippen molar-refractivity contribution < 1.29 is 4.74 Å². The predicted molar refractivity (Wildman–Crippen MR) is 69.5 cm³/mol. The summed E-state index contributed by atoms with van der Waals surface area (Å²) >= 11 is 0. The SMILES string of the molecule is CCNC(c1ncn[nH]1)c1ccccc1OCC. The molecule has 0 aliphatic carbocycles. The quantitative estimate of drug-likeness (QED) is 0.817. The van der Waals surface area contributed by atoms with Crippen LogP contribution in [-0.4, -0.2) is 28.3 Å². The van der Waals surface area contributed by atoms with Gasteiger partial charge in [-0.15, -0.1) is 0 Å². The minimum Gasteiger partial charge on any atom is -0.494 e. The molecule has 1 atom stereocenters.